The van der Waals surface area contributed by atoms with Crippen molar-refractivity contribution in [1.29, 1.82) is 0 Å². The Morgan fingerprint density at radius 2 is 2.12 bits per heavy atom. The second kappa shape index (κ2) is 9.42. The fourth-order valence-electron chi connectivity index (χ4n) is 2.03. The van der Waals surface area contributed by atoms with Crippen LogP contribution in [0, 0.1) is 0 Å². The normalized spacial score (nSPS) is 12.3. The molecular weight excluding hydrogens is 371 g/mol. The van der Waals surface area contributed by atoms with Crippen molar-refractivity contribution in [3.8, 4) is 11.4 Å². The summed E-state index contributed by atoms with van der Waals surface area (Å²) in [6.45, 7) is 2.42. The third-order valence-electron chi connectivity index (χ3n) is 3.19. The Hall–Kier alpha value is -2.29. The van der Waals surface area contributed by atoms with Gasteiger partial charge >= 0.3 is 6.18 Å². The molecule has 2 aromatic rings. The fourth-order valence-corrected chi connectivity index (χ4v) is 2.22. The molecule has 0 unspecified atom stereocenters. The number of aromatic nitrogens is 2. The highest BCUT2D eigenvalue weighted by Crippen LogP contribution is 2.20. The summed E-state index contributed by atoms with van der Waals surface area (Å²) in [4.78, 5) is 8.16. The average Bonchev–Trinajstić information content (AvgIpc) is 3.02. The second-order valence-electron chi connectivity index (χ2n) is 5.32. The Morgan fingerprint density at radius 1 is 1.31 bits per heavy atom. The summed E-state index contributed by atoms with van der Waals surface area (Å²) in [6.07, 6.45) is -4.78. The number of hydrogen-bond acceptors (Lipinski definition) is 4. The Bertz CT molecular complexity index is 733. The van der Waals surface area contributed by atoms with Gasteiger partial charge in [-0.3, -0.25) is 4.99 Å². The van der Waals surface area contributed by atoms with Gasteiger partial charge in [-0.1, -0.05) is 28.9 Å². The molecule has 0 aliphatic rings. The van der Waals surface area contributed by atoms with Gasteiger partial charge in [0, 0.05) is 30.1 Å². The van der Waals surface area contributed by atoms with E-state index in [1.807, 2.05) is 13.0 Å². The first-order valence-corrected chi connectivity index (χ1v) is 8.42. The van der Waals surface area contributed by atoms with Crippen molar-refractivity contribution in [2.75, 3.05) is 19.6 Å². The predicted octanol–water partition coefficient (Wildman–Crippen LogP) is 3.44. The van der Waals surface area contributed by atoms with Crippen LogP contribution in [0.3, 0.4) is 0 Å². The topological polar surface area (TPSA) is 75.3 Å². The van der Waals surface area contributed by atoms with Crippen molar-refractivity contribution in [2.24, 2.45) is 4.99 Å². The third-order valence-corrected chi connectivity index (χ3v) is 3.43. The van der Waals surface area contributed by atoms with Crippen molar-refractivity contribution < 1.29 is 17.7 Å². The number of alkyl halides is 3. The summed E-state index contributed by atoms with van der Waals surface area (Å²) >= 11 is 5.93. The standard InChI is InChI=1S/C16H19ClF3N5O/c1-2-21-15(23-9-7-16(18,19)20)22-8-6-13-24-14(25-26-13)11-4-3-5-12(17)10-11/h3-5,10H,2,6-9H2,1H3,(H2,21,22,23). The van der Waals surface area contributed by atoms with E-state index in [1.54, 1.807) is 18.2 Å². The van der Waals surface area contributed by atoms with Crippen LogP contribution < -0.4 is 10.6 Å². The molecule has 0 aliphatic carbocycles. The van der Waals surface area contributed by atoms with E-state index in [9.17, 15) is 13.2 Å². The minimum atomic E-state index is -4.22. The molecule has 142 valence electrons. The molecule has 0 atom stereocenters. The molecule has 1 aromatic carbocycles. The first-order chi connectivity index (χ1) is 12.4. The monoisotopic (exact) mass is 389 g/mol. The number of halogens is 4. The molecule has 0 fully saturated rings. The number of rotatable bonds is 7. The minimum absolute atomic E-state index is 0.311. The number of hydrogen-bond donors (Lipinski definition) is 2. The van der Waals surface area contributed by atoms with E-state index < -0.39 is 12.6 Å². The van der Waals surface area contributed by atoms with Crippen LogP contribution in [-0.2, 0) is 6.42 Å². The van der Waals surface area contributed by atoms with Gasteiger partial charge in [0.05, 0.1) is 13.0 Å². The molecule has 0 spiro atoms. The summed E-state index contributed by atoms with van der Waals surface area (Å²) in [5.74, 6) is 1.14. The molecule has 6 nitrogen and oxygen atoms in total. The summed E-state index contributed by atoms with van der Waals surface area (Å²) in [6, 6.07) is 7.08. The van der Waals surface area contributed by atoms with Crippen LogP contribution in [0.15, 0.2) is 33.8 Å². The molecule has 0 aliphatic heterocycles. The molecule has 10 heteroatoms. The van der Waals surface area contributed by atoms with Crippen LogP contribution >= 0.6 is 11.6 Å². The highest BCUT2D eigenvalue weighted by molar-refractivity contribution is 6.30. The van der Waals surface area contributed by atoms with E-state index in [2.05, 4.69) is 25.8 Å². The Kier molecular flexibility index (Phi) is 7.26. The maximum absolute atomic E-state index is 12.2. The van der Waals surface area contributed by atoms with Gasteiger partial charge < -0.3 is 15.2 Å². The Labute approximate surface area is 153 Å². The molecule has 0 bridgehead atoms. The summed E-state index contributed by atoms with van der Waals surface area (Å²) < 4.78 is 41.7. The fraction of sp³-hybridized carbons (Fsp3) is 0.438. The first kappa shape index (κ1) is 20.0. The molecule has 0 saturated carbocycles. The molecule has 0 radical (unpaired) electrons. The number of nitrogens with one attached hydrogen (secondary N) is 2. The van der Waals surface area contributed by atoms with E-state index >= 15 is 0 Å². The first-order valence-electron chi connectivity index (χ1n) is 8.05. The minimum Gasteiger partial charge on any atom is -0.357 e. The van der Waals surface area contributed by atoms with E-state index in [0.29, 0.717) is 42.2 Å². The van der Waals surface area contributed by atoms with Gasteiger partial charge in [-0.2, -0.15) is 18.2 Å². The lowest BCUT2D eigenvalue weighted by molar-refractivity contribution is -0.132. The van der Waals surface area contributed by atoms with E-state index in [0.717, 1.165) is 5.56 Å². The average molecular weight is 390 g/mol. The van der Waals surface area contributed by atoms with Gasteiger partial charge in [-0.25, -0.2) is 0 Å². The summed E-state index contributed by atoms with van der Waals surface area (Å²) in [7, 11) is 0. The van der Waals surface area contributed by atoms with E-state index in [4.69, 9.17) is 16.1 Å². The van der Waals surface area contributed by atoms with Gasteiger partial charge in [0.2, 0.25) is 11.7 Å². The molecule has 1 aromatic heterocycles. The highest BCUT2D eigenvalue weighted by atomic mass is 35.5. The number of aliphatic imine (C=N–C) groups is 1. The van der Waals surface area contributed by atoms with Gasteiger partial charge in [0.25, 0.3) is 0 Å². The van der Waals surface area contributed by atoms with Crippen molar-refractivity contribution in [3.63, 3.8) is 0 Å². The lowest BCUT2D eigenvalue weighted by Gasteiger charge is -2.10. The molecular formula is C16H19ClF3N5O. The zero-order chi connectivity index (χ0) is 19.0. The van der Waals surface area contributed by atoms with Crippen LogP contribution in [0.5, 0.6) is 0 Å². The van der Waals surface area contributed by atoms with E-state index in [-0.39, 0.29) is 6.54 Å². The Balaban J connectivity index is 1.86. The summed E-state index contributed by atoms with van der Waals surface area (Å²) in [5, 5.41) is 10.3. The van der Waals surface area contributed by atoms with Crippen molar-refractivity contribution in [2.45, 2.75) is 25.9 Å². The maximum Gasteiger partial charge on any atom is 0.390 e. The van der Waals surface area contributed by atoms with Crippen LogP contribution in [-0.4, -0.2) is 41.9 Å². The van der Waals surface area contributed by atoms with Gasteiger partial charge in [0.1, 0.15) is 0 Å². The number of nitrogens with zero attached hydrogens (tertiary/aromatic N) is 3. The lowest BCUT2D eigenvalue weighted by atomic mass is 10.2. The molecule has 0 amide bonds. The quantitative estimate of drug-likeness (QED) is 0.560. The molecule has 0 saturated heterocycles. The number of guanidine groups is 1. The predicted molar refractivity (Wildman–Crippen MR) is 93.1 cm³/mol. The van der Waals surface area contributed by atoms with Gasteiger partial charge in [0.15, 0.2) is 5.96 Å². The second-order valence-corrected chi connectivity index (χ2v) is 5.76. The van der Waals surface area contributed by atoms with Crippen molar-refractivity contribution >= 4 is 17.6 Å². The smallest absolute Gasteiger partial charge is 0.357 e. The molecule has 26 heavy (non-hydrogen) atoms. The molecule has 2 N–H and O–H groups in total. The SMILES string of the molecule is CCNC(=NCCC(F)(F)F)NCCc1nc(-c2cccc(Cl)c2)no1. The maximum atomic E-state index is 12.2. The number of benzene rings is 1. The Morgan fingerprint density at radius 3 is 2.81 bits per heavy atom. The third kappa shape index (κ3) is 6.91. The van der Waals surface area contributed by atoms with Crippen LogP contribution in [0.2, 0.25) is 5.02 Å². The zero-order valence-electron chi connectivity index (χ0n) is 14.1. The van der Waals surface area contributed by atoms with E-state index in [1.165, 1.54) is 0 Å². The van der Waals surface area contributed by atoms with Gasteiger partial charge in [-0.15, -0.1) is 0 Å². The highest BCUT2D eigenvalue weighted by Gasteiger charge is 2.26. The largest absolute Gasteiger partial charge is 0.390 e. The van der Waals surface area contributed by atoms with Crippen LogP contribution in [0.25, 0.3) is 11.4 Å². The molecule has 2 rings (SSSR count). The molecule has 1 heterocycles. The lowest BCUT2D eigenvalue weighted by Crippen LogP contribution is -2.38. The zero-order valence-corrected chi connectivity index (χ0v) is 14.9. The van der Waals surface area contributed by atoms with Crippen molar-refractivity contribution in [1.82, 2.24) is 20.8 Å². The summed E-state index contributed by atoms with van der Waals surface area (Å²) in [5.41, 5.74) is 0.738. The van der Waals surface area contributed by atoms with Crippen LogP contribution in [0.4, 0.5) is 13.2 Å². The van der Waals surface area contributed by atoms with Crippen LogP contribution in [0.1, 0.15) is 19.2 Å². The van der Waals surface area contributed by atoms with Crippen molar-refractivity contribution in [3.05, 3.63) is 35.2 Å². The van der Waals surface area contributed by atoms with Gasteiger partial charge in [-0.05, 0) is 19.1 Å².